The number of fused-ring (bicyclic) bond motifs is 26. The highest BCUT2D eigenvalue weighted by molar-refractivity contribution is 7.27. The van der Waals surface area contributed by atoms with Crippen LogP contribution in [-0.2, 0) is 0 Å². The van der Waals surface area contributed by atoms with Crippen molar-refractivity contribution < 1.29 is 4.42 Å². The third-order valence-corrected chi connectivity index (χ3v) is 21.2. The molecular weight excluding hydrogens is 1050 g/mol. The molecule has 0 saturated carbocycles. The zero-order valence-electron chi connectivity index (χ0n) is 44.1. The van der Waals surface area contributed by atoms with Gasteiger partial charge in [-0.2, -0.15) is 0 Å². The second kappa shape index (κ2) is 15.4. The summed E-state index contributed by atoms with van der Waals surface area (Å²) in [6.07, 6.45) is 17.4. The number of rotatable bonds is 3. The zero-order valence-corrected chi connectivity index (χ0v) is 45.7. The molecule has 0 bridgehead atoms. The summed E-state index contributed by atoms with van der Waals surface area (Å²) in [4.78, 5) is 5.39. The van der Waals surface area contributed by atoms with Crippen molar-refractivity contribution >= 4 is 179 Å². The molecule has 0 spiro atoms. The highest BCUT2D eigenvalue weighted by Crippen LogP contribution is 2.55. The van der Waals surface area contributed by atoms with E-state index in [2.05, 4.69) is 243 Å². The summed E-state index contributed by atoms with van der Waals surface area (Å²) in [6.45, 7) is 0. The van der Waals surface area contributed by atoms with Gasteiger partial charge in [0.2, 0.25) is 0 Å². The number of aromatic nitrogens is 2. The van der Waals surface area contributed by atoms with Crippen molar-refractivity contribution in [1.29, 1.82) is 0 Å². The van der Waals surface area contributed by atoms with E-state index in [0.717, 1.165) is 67.2 Å². The number of aliphatic imine (C=N–C) groups is 1. The largest absolute Gasteiger partial charge is 0.455 e. The van der Waals surface area contributed by atoms with Gasteiger partial charge >= 0.3 is 0 Å². The van der Waals surface area contributed by atoms with Gasteiger partial charge in [-0.15, -0.1) is 22.7 Å². The molecule has 3 unspecified atom stereocenters. The molecule has 2 aliphatic heterocycles. The number of thiophene rings is 2. The van der Waals surface area contributed by atoms with E-state index < -0.39 is 0 Å². The highest BCUT2D eigenvalue weighted by atomic mass is 32.1. The van der Waals surface area contributed by atoms with Crippen LogP contribution in [0.3, 0.4) is 0 Å². The Bertz CT molecular complexity index is 6010. The van der Waals surface area contributed by atoms with Gasteiger partial charge in [0.1, 0.15) is 28.5 Å². The average molecular weight is 1100 g/mol. The lowest BCUT2D eigenvalue weighted by Crippen LogP contribution is -2.41. The van der Waals surface area contributed by atoms with Gasteiger partial charge in [-0.25, -0.2) is 4.99 Å². The van der Waals surface area contributed by atoms with Gasteiger partial charge in [0, 0.05) is 89.0 Å². The molecule has 0 radical (unpaired) electrons. The maximum absolute atomic E-state index is 7.08. The van der Waals surface area contributed by atoms with Gasteiger partial charge in [-0.05, 0) is 111 Å². The van der Waals surface area contributed by atoms with Crippen molar-refractivity contribution in [2.24, 2.45) is 4.99 Å². The van der Waals surface area contributed by atoms with Gasteiger partial charge < -0.3 is 20.4 Å². The molecule has 0 fully saturated rings. The Kier molecular flexibility index (Phi) is 8.10. The minimum absolute atomic E-state index is 0.0247. The second-order valence-corrected chi connectivity index (χ2v) is 25.2. The van der Waals surface area contributed by atoms with Crippen molar-refractivity contribution in [1.82, 2.24) is 8.80 Å². The zero-order chi connectivity index (χ0) is 53.5. The molecule has 2 aliphatic carbocycles. The molecule has 9 heterocycles. The number of nitrogens with zero attached hydrogens (tertiary/aromatic N) is 3. The smallest absolute Gasteiger partial charge is 0.143 e. The predicted molar refractivity (Wildman–Crippen MR) is 354 cm³/mol. The van der Waals surface area contributed by atoms with Gasteiger partial charge in [-0.3, -0.25) is 8.80 Å². The van der Waals surface area contributed by atoms with E-state index in [1.807, 2.05) is 22.7 Å². The molecule has 3 atom stereocenters. The summed E-state index contributed by atoms with van der Waals surface area (Å²) in [5.41, 5.74) is 16.8. The van der Waals surface area contributed by atoms with Crippen LogP contribution in [0.15, 0.2) is 228 Å². The molecule has 83 heavy (non-hydrogen) atoms. The topological polar surface area (TPSA) is 70.4 Å². The third-order valence-electron chi connectivity index (χ3n) is 18.8. The molecule has 17 aromatic rings. The normalized spacial score (nSPS) is 17.4. The minimum atomic E-state index is 0.0247. The van der Waals surface area contributed by atoms with Crippen molar-refractivity contribution in [3.8, 4) is 33.4 Å². The molecule has 0 saturated heterocycles. The van der Waals surface area contributed by atoms with E-state index in [-0.39, 0.29) is 18.1 Å². The lowest BCUT2D eigenvalue weighted by Gasteiger charge is -2.33. The number of anilines is 3. The first-order valence-corrected chi connectivity index (χ1v) is 30.2. The summed E-state index contributed by atoms with van der Waals surface area (Å²) >= 11 is 3.80. The molecule has 386 valence electrons. The minimum Gasteiger partial charge on any atom is -0.455 e. The monoisotopic (exact) mass is 1090 g/mol. The van der Waals surface area contributed by atoms with Crippen molar-refractivity contribution in [3.05, 3.63) is 218 Å². The molecule has 10 aromatic carbocycles. The summed E-state index contributed by atoms with van der Waals surface area (Å²) < 4.78 is 17.2. The van der Waals surface area contributed by atoms with E-state index in [4.69, 9.17) is 9.41 Å². The van der Waals surface area contributed by atoms with Crippen LogP contribution in [0, 0.1) is 0 Å². The Labute approximate surface area is 480 Å². The summed E-state index contributed by atoms with van der Waals surface area (Å²) in [5.74, 6) is 2.18. The molecule has 21 rings (SSSR count). The number of para-hydroxylation sites is 1. The quantitative estimate of drug-likeness (QED) is 0.165. The van der Waals surface area contributed by atoms with Crippen LogP contribution in [0.5, 0.6) is 0 Å². The van der Waals surface area contributed by atoms with Crippen molar-refractivity contribution in [3.63, 3.8) is 0 Å². The van der Waals surface area contributed by atoms with Crippen LogP contribution in [0.4, 0.5) is 23.0 Å². The van der Waals surface area contributed by atoms with E-state index in [1.54, 1.807) is 0 Å². The Morgan fingerprint density at radius 3 is 1.96 bits per heavy atom. The molecule has 9 heteroatoms. The Morgan fingerprint density at radius 1 is 0.434 bits per heavy atom. The van der Waals surface area contributed by atoms with Crippen LogP contribution < -0.4 is 16.0 Å². The number of furan rings is 1. The Balaban J connectivity index is 0.716. The first-order valence-electron chi connectivity index (χ1n) is 28.5. The van der Waals surface area contributed by atoms with Gasteiger partial charge in [0.15, 0.2) is 0 Å². The molecule has 7 nitrogen and oxygen atoms in total. The Hall–Kier alpha value is -10.2. The third kappa shape index (κ3) is 5.65. The predicted octanol–water partition coefficient (Wildman–Crippen LogP) is 20.2. The summed E-state index contributed by atoms with van der Waals surface area (Å²) in [6, 6.07) is 64.0. The number of hydrogen-bond acceptors (Lipinski definition) is 7. The number of hydrogen-bond donors (Lipinski definition) is 3. The Morgan fingerprint density at radius 2 is 1.08 bits per heavy atom. The van der Waals surface area contributed by atoms with E-state index >= 15 is 0 Å². The van der Waals surface area contributed by atoms with Crippen molar-refractivity contribution in [2.45, 2.75) is 18.1 Å². The lowest BCUT2D eigenvalue weighted by atomic mass is 9.97. The molecular formula is C74H42N6OS2. The molecule has 3 N–H and O–H groups in total. The summed E-state index contributed by atoms with van der Waals surface area (Å²) in [7, 11) is 0. The number of allylic oxidation sites excluding steroid dienone is 4. The van der Waals surface area contributed by atoms with Crippen LogP contribution in [-0.4, -0.2) is 32.6 Å². The van der Waals surface area contributed by atoms with Gasteiger partial charge in [0.05, 0.1) is 51.6 Å². The lowest BCUT2D eigenvalue weighted by molar-refractivity contribution is 0.670. The van der Waals surface area contributed by atoms with Crippen LogP contribution in [0.1, 0.15) is 0 Å². The summed E-state index contributed by atoms with van der Waals surface area (Å²) in [5, 5.41) is 29.2. The van der Waals surface area contributed by atoms with Gasteiger partial charge in [0.25, 0.3) is 0 Å². The first kappa shape index (κ1) is 43.6. The molecule has 0 amide bonds. The SMILES string of the molecule is C1=CC2=Nc3c(n4c5ccc(-c6ccc7ccccc7c6)cc5c5c6sc7cc(-c8ccc9c(c8)oc8c(-c%10ccc%11c(c%10)c%10c%12sc%13ccccc%13c%12cc%12c%13c(n%11c%12%10)NC%10C=CC=CC%10N%13)cccc89)ccc7c6cc3c54)NC2C=C1. The fraction of sp³-hybridized carbons (Fsp3) is 0.0405. The van der Waals surface area contributed by atoms with Crippen LogP contribution >= 0.6 is 22.7 Å². The van der Waals surface area contributed by atoms with E-state index in [1.165, 1.54) is 122 Å². The van der Waals surface area contributed by atoms with E-state index in [0.29, 0.717) is 0 Å². The molecule has 7 aromatic heterocycles. The maximum atomic E-state index is 7.08. The first-order chi connectivity index (χ1) is 41.1. The molecule has 4 aliphatic rings. The maximum Gasteiger partial charge on any atom is 0.143 e. The van der Waals surface area contributed by atoms with Crippen molar-refractivity contribution in [2.75, 3.05) is 16.0 Å². The van der Waals surface area contributed by atoms with Gasteiger partial charge in [-0.1, -0.05) is 146 Å². The van der Waals surface area contributed by atoms with Crippen LogP contribution in [0.2, 0.25) is 0 Å². The number of benzene rings is 10. The van der Waals surface area contributed by atoms with Crippen LogP contribution in [0.25, 0.3) is 161 Å². The number of nitrogens with one attached hydrogen (secondary N) is 3. The standard InChI is InChI=1S/C74H42N6OS2/c1-2-11-38-30-39(21-20-37(38)10-1)40-24-28-59-51(31-40)64-68-54(67-73(79(59)68)77-57-17-6-5-16-56(57)76-67)36-50-47-27-23-42(34-63(47)83-72(50)64)41-22-26-45-48-14-9-13-44(70(48)81-61(45)33-41)43-25-29-60-52(32-43)65-69-53(35-49-46-12-3-8-19-62(46)82-71(49)65)66-74(80(60)69)78-58-18-7-4-15-55(58)75-66/h1-36,55,57-58,75,77-78H. The second-order valence-electron chi connectivity index (χ2n) is 23.1. The fourth-order valence-corrected chi connectivity index (χ4v) is 17.5. The van der Waals surface area contributed by atoms with E-state index in [9.17, 15) is 0 Å². The average Bonchev–Trinajstić information content (AvgIpc) is 2.73. The highest BCUT2D eigenvalue weighted by Gasteiger charge is 2.34. The fourth-order valence-electron chi connectivity index (χ4n) is 15.0.